The average molecular weight is 257 g/mol. The molecular weight excluding hydrogens is 242 g/mol. The van der Waals surface area contributed by atoms with Crippen molar-refractivity contribution in [3.05, 3.63) is 17.4 Å². The van der Waals surface area contributed by atoms with Gasteiger partial charge in [0.25, 0.3) is 0 Å². The van der Waals surface area contributed by atoms with Gasteiger partial charge in [-0.1, -0.05) is 5.16 Å². The van der Waals surface area contributed by atoms with E-state index in [1.165, 1.54) is 0 Å². The highest BCUT2D eigenvalue weighted by atomic mass is 16.5. The van der Waals surface area contributed by atoms with Gasteiger partial charge in [-0.05, 0) is 26.7 Å². The molecule has 1 saturated carbocycles. The summed E-state index contributed by atoms with van der Waals surface area (Å²) in [5.41, 5.74) is 7.41. The highest BCUT2D eigenvalue weighted by Crippen LogP contribution is 2.41. The van der Waals surface area contributed by atoms with E-state index in [2.05, 4.69) is 16.3 Å². The van der Waals surface area contributed by atoms with Crippen molar-refractivity contribution in [2.75, 3.05) is 5.73 Å². The van der Waals surface area contributed by atoms with Crippen molar-refractivity contribution in [1.82, 2.24) is 14.9 Å². The third-order valence-corrected chi connectivity index (χ3v) is 3.30. The number of nitrogen functional groups attached to an aromatic ring is 1. The summed E-state index contributed by atoms with van der Waals surface area (Å²) in [5, 5.41) is 17.6. The van der Waals surface area contributed by atoms with E-state index in [4.69, 9.17) is 10.3 Å². The SMILES string of the molecule is CC(C)n1nc(-c2cc(C3CC3)on2)c(C#N)c1N. The first-order valence-corrected chi connectivity index (χ1v) is 6.37. The molecule has 0 spiro atoms. The highest BCUT2D eigenvalue weighted by Gasteiger charge is 2.29. The van der Waals surface area contributed by atoms with Crippen molar-refractivity contribution < 1.29 is 4.52 Å². The molecule has 1 aliphatic rings. The van der Waals surface area contributed by atoms with E-state index in [-0.39, 0.29) is 6.04 Å². The molecule has 6 heteroatoms. The molecule has 2 N–H and O–H groups in total. The highest BCUT2D eigenvalue weighted by molar-refractivity contribution is 5.70. The molecule has 0 aliphatic heterocycles. The van der Waals surface area contributed by atoms with Crippen LogP contribution in [-0.4, -0.2) is 14.9 Å². The minimum absolute atomic E-state index is 0.0932. The predicted octanol–water partition coefficient (Wildman–Crippen LogP) is 2.45. The van der Waals surface area contributed by atoms with Crippen LogP contribution < -0.4 is 5.73 Å². The van der Waals surface area contributed by atoms with Gasteiger partial charge in [-0.3, -0.25) is 0 Å². The largest absolute Gasteiger partial charge is 0.383 e. The Labute approximate surface area is 110 Å². The second-order valence-electron chi connectivity index (χ2n) is 5.15. The smallest absolute Gasteiger partial charge is 0.140 e. The van der Waals surface area contributed by atoms with E-state index in [1.54, 1.807) is 4.68 Å². The van der Waals surface area contributed by atoms with Gasteiger partial charge in [0, 0.05) is 18.0 Å². The van der Waals surface area contributed by atoms with Crippen LogP contribution in [0.5, 0.6) is 0 Å². The summed E-state index contributed by atoms with van der Waals surface area (Å²) in [7, 11) is 0. The lowest BCUT2D eigenvalue weighted by atomic mass is 10.2. The molecule has 2 heterocycles. The molecule has 0 radical (unpaired) electrons. The van der Waals surface area contributed by atoms with Crippen molar-refractivity contribution in [3.63, 3.8) is 0 Å². The number of hydrogen-bond donors (Lipinski definition) is 1. The Morgan fingerprint density at radius 3 is 2.84 bits per heavy atom. The minimum atomic E-state index is 0.0932. The first kappa shape index (κ1) is 11.8. The number of aromatic nitrogens is 3. The Hall–Kier alpha value is -2.29. The fraction of sp³-hybridized carbons (Fsp3) is 0.462. The van der Waals surface area contributed by atoms with Gasteiger partial charge in [0.15, 0.2) is 0 Å². The molecule has 0 amide bonds. The fourth-order valence-corrected chi connectivity index (χ4v) is 2.09. The molecule has 2 aromatic heterocycles. The first-order chi connectivity index (χ1) is 9.11. The van der Waals surface area contributed by atoms with E-state index in [1.807, 2.05) is 19.9 Å². The Balaban J connectivity index is 2.07. The number of nitrogens with zero attached hydrogens (tertiary/aromatic N) is 4. The summed E-state index contributed by atoms with van der Waals surface area (Å²) in [6, 6.07) is 4.06. The summed E-state index contributed by atoms with van der Waals surface area (Å²) in [6.07, 6.45) is 2.28. The van der Waals surface area contributed by atoms with Gasteiger partial charge in [-0.15, -0.1) is 0 Å². The molecule has 0 unspecified atom stereocenters. The molecule has 2 aromatic rings. The summed E-state index contributed by atoms with van der Waals surface area (Å²) >= 11 is 0. The van der Waals surface area contributed by atoms with Gasteiger partial charge in [0.2, 0.25) is 0 Å². The predicted molar refractivity (Wildman–Crippen MR) is 69.2 cm³/mol. The number of nitrogens with two attached hydrogens (primary N) is 1. The van der Waals surface area contributed by atoms with Crippen LogP contribution in [0.1, 0.15) is 50.0 Å². The quantitative estimate of drug-likeness (QED) is 0.911. The summed E-state index contributed by atoms with van der Waals surface area (Å²) < 4.78 is 6.94. The van der Waals surface area contributed by atoms with Crippen LogP contribution >= 0.6 is 0 Å². The van der Waals surface area contributed by atoms with Gasteiger partial charge in [-0.2, -0.15) is 10.4 Å². The molecular formula is C13H15N5O. The van der Waals surface area contributed by atoms with Crippen molar-refractivity contribution >= 4 is 5.82 Å². The molecule has 6 nitrogen and oxygen atoms in total. The second-order valence-corrected chi connectivity index (χ2v) is 5.15. The van der Waals surface area contributed by atoms with Gasteiger partial charge in [0.05, 0.1) is 0 Å². The third-order valence-electron chi connectivity index (χ3n) is 3.30. The Kier molecular flexibility index (Phi) is 2.56. The van der Waals surface area contributed by atoms with E-state index in [0.29, 0.717) is 28.7 Å². The maximum atomic E-state index is 9.24. The molecule has 19 heavy (non-hydrogen) atoms. The topological polar surface area (TPSA) is 93.7 Å². The zero-order valence-corrected chi connectivity index (χ0v) is 10.9. The summed E-state index contributed by atoms with van der Waals surface area (Å²) in [5.74, 6) is 1.73. The van der Waals surface area contributed by atoms with Crippen molar-refractivity contribution in [2.24, 2.45) is 0 Å². The molecule has 1 aliphatic carbocycles. The molecule has 0 bridgehead atoms. The maximum absolute atomic E-state index is 9.24. The van der Waals surface area contributed by atoms with Gasteiger partial charge in [0.1, 0.15) is 34.6 Å². The summed E-state index contributed by atoms with van der Waals surface area (Å²) in [4.78, 5) is 0. The van der Waals surface area contributed by atoms with Crippen LogP contribution in [0.25, 0.3) is 11.4 Å². The zero-order valence-electron chi connectivity index (χ0n) is 10.9. The number of anilines is 1. The molecule has 1 fully saturated rings. The van der Waals surface area contributed by atoms with Gasteiger partial charge >= 0.3 is 0 Å². The van der Waals surface area contributed by atoms with E-state index in [0.717, 1.165) is 18.6 Å². The average Bonchev–Trinajstić information content (AvgIpc) is 3.01. The van der Waals surface area contributed by atoms with Gasteiger partial charge in [-0.25, -0.2) is 4.68 Å². The number of rotatable bonds is 3. The monoisotopic (exact) mass is 257 g/mol. The maximum Gasteiger partial charge on any atom is 0.140 e. The van der Waals surface area contributed by atoms with Crippen LogP contribution in [0.3, 0.4) is 0 Å². The van der Waals surface area contributed by atoms with E-state index >= 15 is 0 Å². The van der Waals surface area contributed by atoms with Crippen molar-refractivity contribution in [1.29, 1.82) is 5.26 Å². The van der Waals surface area contributed by atoms with Crippen molar-refractivity contribution in [2.45, 2.75) is 38.6 Å². The standard InChI is InChI=1S/C13H15N5O/c1-7(2)18-13(15)9(6-14)12(16-18)10-5-11(19-17-10)8-3-4-8/h5,7-8H,3-4,15H2,1-2H3. The van der Waals surface area contributed by atoms with Crippen LogP contribution in [0, 0.1) is 11.3 Å². The molecule has 3 rings (SSSR count). The Bertz CT molecular complexity index is 657. The molecule has 0 aromatic carbocycles. The third kappa shape index (κ3) is 1.87. The first-order valence-electron chi connectivity index (χ1n) is 6.37. The van der Waals surface area contributed by atoms with Crippen LogP contribution in [-0.2, 0) is 0 Å². The van der Waals surface area contributed by atoms with E-state index < -0.39 is 0 Å². The van der Waals surface area contributed by atoms with Crippen LogP contribution in [0.4, 0.5) is 5.82 Å². The normalized spacial score (nSPS) is 14.8. The van der Waals surface area contributed by atoms with Gasteiger partial charge < -0.3 is 10.3 Å². The van der Waals surface area contributed by atoms with Crippen molar-refractivity contribution in [3.8, 4) is 17.5 Å². The van der Waals surface area contributed by atoms with Crippen LogP contribution in [0.15, 0.2) is 10.6 Å². The number of hydrogen-bond acceptors (Lipinski definition) is 5. The molecule has 98 valence electrons. The minimum Gasteiger partial charge on any atom is -0.383 e. The summed E-state index contributed by atoms with van der Waals surface area (Å²) in [6.45, 7) is 3.93. The molecule has 0 atom stereocenters. The number of nitriles is 1. The zero-order chi connectivity index (χ0) is 13.6. The lowest BCUT2D eigenvalue weighted by Crippen LogP contribution is -2.07. The lowest BCUT2D eigenvalue weighted by Gasteiger charge is -2.06. The Morgan fingerprint density at radius 2 is 2.26 bits per heavy atom. The Morgan fingerprint density at radius 1 is 1.53 bits per heavy atom. The second kappa shape index (κ2) is 4.12. The molecule has 0 saturated heterocycles. The van der Waals surface area contributed by atoms with Crippen LogP contribution in [0.2, 0.25) is 0 Å². The lowest BCUT2D eigenvalue weighted by molar-refractivity contribution is 0.386. The van der Waals surface area contributed by atoms with E-state index in [9.17, 15) is 5.26 Å². The fourth-order valence-electron chi connectivity index (χ4n) is 2.09.